The minimum Gasteiger partial charge on any atom is -0.356 e. The van der Waals surface area contributed by atoms with Gasteiger partial charge in [0.25, 0.3) is 0 Å². The molecule has 1 fully saturated rings. The van der Waals surface area contributed by atoms with Crippen LogP contribution in [0.15, 0.2) is 29.3 Å². The van der Waals surface area contributed by atoms with Gasteiger partial charge in [-0.15, -0.1) is 0 Å². The molecule has 1 saturated carbocycles. The van der Waals surface area contributed by atoms with Crippen LogP contribution in [-0.2, 0) is 17.8 Å². The molecule has 126 valence electrons. The molecule has 0 atom stereocenters. The number of benzene rings is 1. The first-order valence-electron chi connectivity index (χ1n) is 8.53. The maximum atomic E-state index is 11.6. The van der Waals surface area contributed by atoms with E-state index >= 15 is 0 Å². The molecule has 1 aromatic rings. The summed E-state index contributed by atoms with van der Waals surface area (Å²) in [6.45, 7) is 3.66. The van der Waals surface area contributed by atoms with Gasteiger partial charge in [-0.2, -0.15) is 0 Å². The molecular weight excluding hydrogens is 288 g/mol. The van der Waals surface area contributed by atoms with Crippen LogP contribution in [0.3, 0.4) is 0 Å². The highest BCUT2D eigenvalue weighted by molar-refractivity contribution is 5.80. The average molecular weight is 316 g/mol. The molecule has 23 heavy (non-hydrogen) atoms. The molecule has 1 aromatic carbocycles. The van der Waals surface area contributed by atoms with Gasteiger partial charge in [0.05, 0.1) is 0 Å². The summed E-state index contributed by atoms with van der Waals surface area (Å²) in [5.41, 5.74) is 2.65. The largest absolute Gasteiger partial charge is 0.356 e. The van der Waals surface area contributed by atoms with Gasteiger partial charge in [0.15, 0.2) is 5.96 Å². The average Bonchev–Trinajstić information content (AvgIpc) is 3.38. The van der Waals surface area contributed by atoms with Crippen molar-refractivity contribution < 1.29 is 4.79 Å². The smallest absolute Gasteiger partial charge is 0.220 e. The van der Waals surface area contributed by atoms with E-state index < -0.39 is 0 Å². The second-order valence-electron chi connectivity index (χ2n) is 5.92. The first-order valence-corrected chi connectivity index (χ1v) is 8.53. The quantitative estimate of drug-likeness (QED) is 0.390. The molecule has 1 amide bonds. The standard InChI is InChI=1S/C18H28N4O/c1-3-14-7-4-5-8-15(14)13-21-18(19-2)20-12-6-9-17(23)22-16-10-11-16/h4-5,7-8,16H,3,6,9-13H2,1-2H3,(H,22,23)(H2,19,20,21). The van der Waals surface area contributed by atoms with Crippen LogP contribution in [0, 0.1) is 0 Å². The number of rotatable bonds is 8. The van der Waals surface area contributed by atoms with Gasteiger partial charge in [-0.25, -0.2) is 0 Å². The van der Waals surface area contributed by atoms with Gasteiger partial charge in [-0.3, -0.25) is 9.79 Å². The second kappa shape index (κ2) is 9.18. The number of hydrogen-bond acceptors (Lipinski definition) is 2. The van der Waals surface area contributed by atoms with Crippen molar-refractivity contribution in [3.63, 3.8) is 0 Å². The van der Waals surface area contributed by atoms with Crippen LogP contribution in [0.4, 0.5) is 0 Å². The Balaban J connectivity index is 1.65. The lowest BCUT2D eigenvalue weighted by atomic mass is 10.1. The zero-order valence-corrected chi connectivity index (χ0v) is 14.2. The molecule has 0 spiro atoms. The third kappa shape index (κ3) is 6.30. The zero-order chi connectivity index (χ0) is 16.5. The van der Waals surface area contributed by atoms with Gasteiger partial charge in [0, 0.05) is 32.6 Å². The number of aryl methyl sites for hydroxylation is 1. The highest BCUT2D eigenvalue weighted by atomic mass is 16.1. The molecule has 2 rings (SSSR count). The molecule has 0 aromatic heterocycles. The van der Waals surface area contributed by atoms with Crippen LogP contribution in [0.2, 0.25) is 0 Å². The van der Waals surface area contributed by atoms with Crippen LogP contribution in [0.25, 0.3) is 0 Å². The molecule has 1 aliphatic rings. The minimum atomic E-state index is 0.161. The van der Waals surface area contributed by atoms with Gasteiger partial charge >= 0.3 is 0 Å². The molecule has 0 unspecified atom stereocenters. The third-order valence-electron chi connectivity index (χ3n) is 3.98. The van der Waals surface area contributed by atoms with Crippen LogP contribution >= 0.6 is 0 Å². The number of aliphatic imine (C=N–C) groups is 1. The Morgan fingerprint density at radius 1 is 1.22 bits per heavy atom. The monoisotopic (exact) mass is 316 g/mol. The summed E-state index contributed by atoms with van der Waals surface area (Å²) in [6, 6.07) is 8.88. The third-order valence-corrected chi connectivity index (χ3v) is 3.98. The van der Waals surface area contributed by atoms with Crippen molar-refractivity contribution in [2.45, 2.75) is 51.6 Å². The van der Waals surface area contributed by atoms with Crippen molar-refractivity contribution in [3.8, 4) is 0 Å². The van der Waals surface area contributed by atoms with Crippen molar-refractivity contribution in [2.24, 2.45) is 4.99 Å². The van der Waals surface area contributed by atoms with Crippen LogP contribution in [0.5, 0.6) is 0 Å². The lowest BCUT2D eigenvalue weighted by Gasteiger charge is -2.13. The maximum Gasteiger partial charge on any atom is 0.220 e. The van der Waals surface area contributed by atoms with Crippen LogP contribution in [-0.4, -0.2) is 31.5 Å². The van der Waals surface area contributed by atoms with E-state index in [0.29, 0.717) is 12.5 Å². The number of nitrogens with one attached hydrogen (secondary N) is 3. The lowest BCUT2D eigenvalue weighted by Crippen LogP contribution is -2.38. The van der Waals surface area contributed by atoms with E-state index in [1.807, 2.05) is 0 Å². The zero-order valence-electron chi connectivity index (χ0n) is 14.2. The lowest BCUT2D eigenvalue weighted by molar-refractivity contribution is -0.121. The van der Waals surface area contributed by atoms with Crippen molar-refractivity contribution in [1.29, 1.82) is 0 Å². The minimum absolute atomic E-state index is 0.161. The number of amides is 1. The summed E-state index contributed by atoms with van der Waals surface area (Å²) >= 11 is 0. The summed E-state index contributed by atoms with van der Waals surface area (Å²) in [5, 5.41) is 9.59. The Morgan fingerprint density at radius 3 is 2.61 bits per heavy atom. The normalized spacial score (nSPS) is 14.4. The summed E-state index contributed by atoms with van der Waals surface area (Å²) < 4.78 is 0. The first-order chi connectivity index (χ1) is 11.2. The van der Waals surface area contributed by atoms with E-state index in [4.69, 9.17) is 0 Å². The van der Waals surface area contributed by atoms with Gasteiger partial charge in [-0.05, 0) is 36.8 Å². The summed E-state index contributed by atoms with van der Waals surface area (Å²) in [5.74, 6) is 0.938. The van der Waals surface area contributed by atoms with E-state index in [9.17, 15) is 4.79 Å². The molecule has 3 N–H and O–H groups in total. The van der Waals surface area contributed by atoms with E-state index in [-0.39, 0.29) is 5.91 Å². The van der Waals surface area contributed by atoms with Crippen LogP contribution in [0.1, 0.15) is 43.7 Å². The maximum absolute atomic E-state index is 11.6. The number of guanidine groups is 1. The Morgan fingerprint density at radius 2 is 1.96 bits per heavy atom. The molecule has 5 heteroatoms. The van der Waals surface area contributed by atoms with Crippen molar-refractivity contribution in [2.75, 3.05) is 13.6 Å². The molecule has 0 aliphatic heterocycles. The molecular formula is C18H28N4O. The molecule has 0 saturated heterocycles. The van der Waals surface area contributed by atoms with Crippen molar-refractivity contribution >= 4 is 11.9 Å². The van der Waals surface area contributed by atoms with Gasteiger partial charge in [0.2, 0.25) is 5.91 Å². The summed E-state index contributed by atoms with van der Waals surface area (Å²) in [7, 11) is 1.76. The van der Waals surface area contributed by atoms with E-state index in [0.717, 1.165) is 44.7 Å². The molecule has 0 bridgehead atoms. The van der Waals surface area contributed by atoms with Gasteiger partial charge in [0.1, 0.15) is 0 Å². The van der Waals surface area contributed by atoms with Gasteiger partial charge in [-0.1, -0.05) is 31.2 Å². The number of carbonyl (C=O) groups is 1. The van der Waals surface area contributed by atoms with Crippen molar-refractivity contribution in [3.05, 3.63) is 35.4 Å². The summed E-state index contributed by atoms with van der Waals surface area (Å²) in [6.07, 6.45) is 4.68. The fourth-order valence-electron chi connectivity index (χ4n) is 2.46. The fraction of sp³-hybridized carbons (Fsp3) is 0.556. The molecule has 0 radical (unpaired) electrons. The number of hydrogen-bond donors (Lipinski definition) is 3. The topological polar surface area (TPSA) is 65.5 Å². The SMILES string of the molecule is CCc1ccccc1CNC(=NC)NCCCC(=O)NC1CC1. The predicted octanol–water partition coefficient (Wildman–Crippen LogP) is 1.97. The highest BCUT2D eigenvalue weighted by Crippen LogP contribution is 2.18. The molecule has 1 aliphatic carbocycles. The predicted molar refractivity (Wildman–Crippen MR) is 94.4 cm³/mol. The van der Waals surface area contributed by atoms with Gasteiger partial charge < -0.3 is 16.0 Å². The highest BCUT2D eigenvalue weighted by Gasteiger charge is 2.22. The Hall–Kier alpha value is -2.04. The first kappa shape index (κ1) is 17.3. The van der Waals surface area contributed by atoms with E-state index in [1.165, 1.54) is 11.1 Å². The summed E-state index contributed by atoms with van der Waals surface area (Å²) in [4.78, 5) is 15.8. The molecule has 5 nitrogen and oxygen atoms in total. The van der Waals surface area contributed by atoms with Crippen molar-refractivity contribution in [1.82, 2.24) is 16.0 Å². The Labute approximate surface area is 139 Å². The Bertz CT molecular complexity index is 538. The Kier molecular flexibility index (Phi) is 6.91. The van der Waals surface area contributed by atoms with E-state index in [1.54, 1.807) is 7.05 Å². The second-order valence-corrected chi connectivity index (χ2v) is 5.92. The number of carbonyl (C=O) groups excluding carboxylic acids is 1. The molecule has 0 heterocycles. The van der Waals surface area contributed by atoms with Crippen LogP contribution < -0.4 is 16.0 Å². The number of nitrogens with zero attached hydrogens (tertiary/aromatic N) is 1. The fourth-order valence-corrected chi connectivity index (χ4v) is 2.46. The van der Waals surface area contributed by atoms with E-state index in [2.05, 4.69) is 52.1 Å².